The SMILES string of the molecule is CN(C[C@@H]1COc2ccccc2O1)C(=O)c1cc(Cc2ccccc2)ccc1O. The molecule has 0 aliphatic carbocycles. The van der Waals surface area contributed by atoms with Gasteiger partial charge in [-0.1, -0.05) is 48.5 Å². The van der Waals surface area contributed by atoms with Crippen molar-refractivity contribution >= 4 is 5.91 Å². The first-order chi connectivity index (χ1) is 14.1. The van der Waals surface area contributed by atoms with Crippen LogP contribution < -0.4 is 9.47 Å². The minimum Gasteiger partial charge on any atom is -0.507 e. The highest BCUT2D eigenvalue weighted by Crippen LogP contribution is 2.31. The number of hydrogen-bond donors (Lipinski definition) is 1. The van der Waals surface area contributed by atoms with E-state index in [-0.39, 0.29) is 23.3 Å². The van der Waals surface area contributed by atoms with Crippen LogP contribution in [0, 0.1) is 0 Å². The van der Waals surface area contributed by atoms with Crippen molar-refractivity contribution in [1.29, 1.82) is 0 Å². The lowest BCUT2D eigenvalue weighted by Gasteiger charge is -2.29. The normalized spacial score (nSPS) is 15.0. The van der Waals surface area contributed by atoms with E-state index in [1.807, 2.05) is 60.7 Å². The van der Waals surface area contributed by atoms with Crippen LogP contribution in [0.1, 0.15) is 21.5 Å². The van der Waals surface area contributed by atoms with Gasteiger partial charge < -0.3 is 19.5 Å². The Bertz CT molecular complexity index is 1000. The number of phenols is 1. The van der Waals surface area contributed by atoms with E-state index < -0.39 is 0 Å². The second kappa shape index (κ2) is 8.27. The predicted octanol–water partition coefficient (Wildman–Crippen LogP) is 3.90. The minimum atomic E-state index is -0.270. The third-order valence-electron chi connectivity index (χ3n) is 4.93. The van der Waals surface area contributed by atoms with Gasteiger partial charge in [-0.3, -0.25) is 4.79 Å². The monoisotopic (exact) mass is 389 g/mol. The number of aromatic hydroxyl groups is 1. The van der Waals surface area contributed by atoms with Crippen LogP contribution in [0.25, 0.3) is 0 Å². The molecule has 1 atom stereocenters. The van der Waals surface area contributed by atoms with Gasteiger partial charge in [-0.25, -0.2) is 0 Å². The fourth-order valence-electron chi connectivity index (χ4n) is 3.44. The van der Waals surface area contributed by atoms with Gasteiger partial charge in [0.25, 0.3) is 5.91 Å². The summed E-state index contributed by atoms with van der Waals surface area (Å²) in [6.07, 6.45) is 0.426. The number of amides is 1. The molecule has 0 bridgehead atoms. The Morgan fingerprint density at radius 1 is 1.00 bits per heavy atom. The molecule has 3 aromatic carbocycles. The van der Waals surface area contributed by atoms with Crippen LogP contribution >= 0.6 is 0 Å². The lowest BCUT2D eigenvalue weighted by molar-refractivity contribution is 0.0519. The van der Waals surface area contributed by atoms with E-state index in [4.69, 9.17) is 9.47 Å². The zero-order valence-electron chi connectivity index (χ0n) is 16.2. The van der Waals surface area contributed by atoms with Gasteiger partial charge in [0, 0.05) is 7.05 Å². The smallest absolute Gasteiger partial charge is 0.257 e. The first-order valence-electron chi connectivity index (χ1n) is 9.60. The molecule has 0 unspecified atom stereocenters. The van der Waals surface area contributed by atoms with E-state index in [2.05, 4.69) is 0 Å². The van der Waals surface area contributed by atoms with E-state index >= 15 is 0 Å². The van der Waals surface area contributed by atoms with E-state index in [0.717, 1.165) is 11.1 Å². The average Bonchev–Trinajstić information content (AvgIpc) is 2.75. The van der Waals surface area contributed by atoms with Crippen LogP contribution in [0.4, 0.5) is 0 Å². The van der Waals surface area contributed by atoms with Gasteiger partial charge in [-0.05, 0) is 41.8 Å². The Labute approximate surface area is 170 Å². The molecule has 5 heteroatoms. The first-order valence-corrected chi connectivity index (χ1v) is 9.60. The molecule has 0 aromatic heterocycles. The summed E-state index contributed by atoms with van der Waals surface area (Å²) in [7, 11) is 1.70. The Morgan fingerprint density at radius 3 is 2.52 bits per heavy atom. The number of benzene rings is 3. The zero-order chi connectivity index (χ0) is 20.2. The van der Waals surface area contributed by atoms with Crippen LogP contribution in [-0.2, 0) is 6.42 Å². The number of para-hydroxylation sites is 2. The van der Waals surface area contributed by atoms with Crippen molar-refractivity contribution in [2.45, 2.75) is 12.5 Å². The Balaban J connectivity index is 1.45. The van der Waals surface area contributed by atoms with E-state index in [1.165, 1.54) is 0 Å². The second-order valence-corrected chi connectivity index (χ2v) is 7.20. The second-order valence-electron chi connectivity index (χ2n) is 7.20. The molecule has 0 radical (unpaired) electrons. The quantitative estimate of drug-likeness (QED) is 0.719. The van der Waals surface area contributed by atoms with Crippen molar-refractivity contribution in [2.75, 3.05) is 20.2 Å². The highest BCUT2D eigenvalue weighted by molar-refractivity contribution is 5.96. The first kappa shape index (κ1) is 18.9. The Kier molecular flexibility index (Phi) is 5.38. The average molecular weight is 389 g/mol. The van der Waals surface area contributed by atoms with Crippen molar-refractivity contribution < 1.29 is 19.4 Å². The molecule has 1 aliphatic rings. The number of hydrogen-bond acceptors (Lipinski definition) is 4. The van der Waals surface area contributed by atoms with Crippen molar-refractivity contribution in [3.63, 3.8) is 0 Å². The summed E-state index contributed by atoms with van der Waals surface area (Å²) in [5, 5.41) is 10.3. The van der Waals surface area contributed by atoms with Gasteiger partial charge in [-0.15, -0.1) is 0 Å². The number of ether oxygens (including phenoxy) is 2. The van der Waals surface area contributed by atoms with Crippen molar-refractivity contribution in [2.24, 2.45) is 0 Å². The Hall–Kier alpha value is -3.47. The molecule has 0 saturated carbocycles. The molecule has 5 nitrogen and oxygen atoms in total. The van der Waals surface area contributed by atoms with E-state index in [0.29, 0.717) is 31.1 Å². The third-order valence-corrected chi connectivity index (χ3v) is 4.93. The standard InChI is InChI=1S/C24H23NO4/c1-25(15-19-16-28-22-9-5-6-10-23(22)29-19)24(27)20-14-18(11-12-21(20)26)13-17-7-3-2-4-8-17/h2-12,14,19,26H,13,15-16H2,1H3/t19-/m1/s1. The van der Waals surface area contributed by atoms with Crippen LogP contribution in [0.3, 0.4) is 0 Å². The van der Waals surface area contributed by atoms with Crippen LogP contribution in [0.5, 0.6) is 17.2 Å². The minimum absolute atomic E-state index is 0.0233. The summed E-state index contributed by atoms with van der Waals surface area (Å²) in [6, 6.07) is 22.7. The van der Waals surface area contributed by atoms with E-state index in [1.54, 1.807) is 24.1 Å². The predicted molar refractivity (Wildman–Crippen MR) is 111 cm³/mol. The number of likely N-dealkylation sites (N-methyl/N-ethyl adjacent to an activating group) is 1. The van der Waals surface area contributed by atoms with Crippen LogP contribution in [0.2, 0.25) is 0 Å². The molecule has 148 valence electrons. The third kappa shape index (κ3) is 4.35. The van der Waals surface area contributed by atoms with Crippen LogP contribution in [0.15, 0.2) is 72.8 Å². The topological polar surface area (TPSA) is 59.0 Å². The molecule has 29 heavy (non-hydrogen) atoms. The number of nitrogens with zero attached hydrogens (tertiary/aromatic N) is 1. The van der Waals surface area contributed by atoms with Gasteiger partial charge in [-0.2, -0.15) is 0 Å². The molecule has 3 aromatic rings. The number of fused-ring (bicyclic) bond motifs is 1. The fourth-order valence-corrected chi connectivity index (χ4v) is 3.44. The molecule has 0 spiro atoms. The number of carbonyl (C=O) groups excluding carboxylic acids is 1. The largest absolute Gasteiger partial charge is 0.507 e. The Morgan fingerprint density at radius 2 is 1.72 bits per heavy atom. The summed E-state index contributed by atoms with van der Waals surface area (Å²) in [5.41, 5.74) is 2.41. The highest BCUT2D eigenvalue weighted by atomic mass is 16.6. The summed E-state index contributed by atoms with van der Waals surface area (Å²) < 4.78 is 11.7. The molecular weight excluding hydrogens is 366 g/mol. The van der Waals surface area contributed by atoms with Gasteiger partial charge in [0.2, 0.25) is 0 Å². The maximum Gasteiger partial charge on any atom is 0.257 e. The van der Waals surface area contributed by atoms with Crippen molar-refractivity contribution in [3.05, 3.63) is 89.5 Å². The summed E-state index contributed by atoms with van der Waals surface area (Å²) in [4.78, 5) is 14.5. The van der Waals surface area contributed by atoms with Gasteiger partial charge in [0.05, 0.1) is 12.1 Å². The zero-order valence-corrected chi connectivity index (χ0v) is 16.2. The summed E-state index contributed by atoms with van der Waals surface area (Å²) in [5.74, 6) is 1.12. The number of phenolic OH excluding ortho intramolecular Hbond substituents is 1. The fraction of sp³-hybridized carbons (Fsp3) is 0.208. The summed E-state index contributed by atoms with van der Waals surface area (Å²) >= 11 is 0. The lowest BCUT2D eigenvalue weighted by Crippen LogP contribution is -2.41. The lowest BCUT2D eigenvalue weighted by atomic mass is 10.0. The van der Waals surface area contributed by atoms with Crippen molar-refractivity contribution in [1.82, 2.24) is 4.90 Å². The molecule has 1 heterocycles. The number of rotatable bonds is 5. The highest BCUT2D eigenvalue weighted by Gasteiger charge is 2.25. The molecule has 4 rings (SSSR count). The molecule has 1 amide bonds. The molecule has 0 saturated heterocycles. The van der Waals surface area contributed by atoms with Gasteiger partial charge >= 0.3 is 0 Å². The van der Waals surface area contributed by atoms with Gasteiger partial charge in [0.15, 0.2) is 17.6 Å². The van der Waals surface area contributed by atoms with Crippen LogP contribution in [-0.4, -0.2) is 42.2 Å². The molecule has 1 aliphatic heterocycles. The number of carbonyl (C=O) groups is 1. The van der Waals surface area contributed by atoms with E-state index in [9.17, 15) is 9.90 Å². The van der Waals surface area contributed by atoms with Gasteiger partial charge in [0.1, 0.15) is 12.4 Å². The maximum absolute atomic E-state index is 13.0. The summed E-state index contributed by atoms with van der Waals surface area (Å²) in [6.45, 7) is 0.726. The maximum atomic E-state index is 13.0. The molecular formula is C24H23NO4. The molecule has 1 N–H and O–H groups in total. The van der Waals surface area contributed by atoms with Crippen molar-refractivity contribution in [3.8, 4) is 17.2 Å². The molecule has 0 fully saturated rings.